The molecule has 2 aromatic rings. The standard InChI is InChI=1S/C15H21N3O/c1-12-11-18-9-4-6-14(15(18)17-12)19-10-7-13-5-2-3-8-16-13/h4,6,9,11,13,16H,2-3,5,7-8,10H2,1H3. The number of fused-ring (bicyclic) bond motifs is 1. The number of hydrogen-bond donors (Lipinski definition) is 1. The second kappa shape index (κ2) is 5.61. The molecule has 1 aliphatic rings. The van der Waals surface area contributed by atoms with E-state index in [1.807, 2.05) is 35.9 Å². The number of rotatable bonds is 4. The minimum Gasteiger partial charge on any atom is -0.490 e. The summed E-state index contributed by atoms with van der Waals surface area (Å²) in [5.41, 5.74) is 1.93. The molecule has 1 saturated heterocycles. The molecule has 102 valence electrons. The third kappa shape index (κ3) is 2.89. The normalized spacial score (nSPS) is 19.7. The zero-order valence-electron chi connectivity index (χ0n) is 11.4. The zero-order valence-corrected chi connectivity index (χ0v) is 11.4. The molecular formula is C15H21N3O. The number of pyridine rings is 1. The van der Waals surface area contributed by atoms with Crippen LogP contribution in [-0.2, 0) is 0 Å². The van der Waals surface area contributed by atoms with Gasteiger partial charge in [-0.1, -0.05) is 6.42 Å². The van der Waals surface area contributed by atoms with Crippen molar-refractivity contribution >= 4 is 5.65 Å². The van der Waals surface area contributed by atoms with Crippen LogP contribution < -0.4 is 10.1 Å². The highest BCUT2D eigenvalue weighted by Crippen LogP contribution is 2.19. The molecule has 0 bridgehead atoms. The van der Waals surface area contributed by atoms with Crippen molar-refractivity contribution < 1.29 is 4.74 Å². The lowest BCUT2D eigenvalue weighted by molar-refractivity contribution is 0.269. The smallest absolute Gasteiger partial charge is 0.179 e. The van der Waals surface area contributed by atoms with Crippen LogP contribution in [0.3, 0.4) is 0 Å². The number of hydrogen-bond acceptors (Lipinski definition) is 3. The van der Waals surface area contributed by atoms with E-state index in [-0.39, 0.29) is 0 Å². The Balaban J connectivity index is 1.61. The van der Waals surface area contributed by atoms with Gasteiger partial charge < -0.3 is 14.5 Å². The van der Waals surface area contributed by atoms with Gasteiger partial charge in [0.15, 0.2) is 11.4 Å². The molecule has 1 N–H and O–H groups in total. The average molecular weight is 259 g/mol. The van der Waals surface area contributed by atoms with E-state index in [4.69, 9.17) is 4.74 Å². The monoisotopic (exact) mass is 259 g/mol. The van der Waals surface area contributed by atoms with Crippen molar-refractivity contribution in [3.8, 4) is 5.75 Å². The summed E-state index contributed by atoms with van der Waals surface area (Å²) in [6, 6.07) is 4.62. The fraction of sp³-hybridized carbons (Fsp3) is 0.533. The highest BCUT2D eigenvalue weighted by molar-refractivity contribution is 5.54. The fourth-order valence-electron chi connectivity index (χ4n) is 2.70. The van der Waals surface area contributed by atoms with Crippen LogP contribution in [0.25, 0.3) is 5.65 Å². The van der Waals surface area contributed by atoms with Crippen LogP contribution in [0.5, 0.6) is 5.75 Å². The molecule has 0 amide bonds. The molecule has 4 nitrogen and oxygen atoms in total. The first-order valence-corrected chi connectivity index (χ1v) is 7.13. The van der Waals surface area contributed by atoms with E-state index >= 15 is 0 Å². The first kappa shape index (κ1) is 12.5. The molecule has 1 aliphatic heterocycles. The van der Waals surface area contributed by atoms with Gasteiger partial charge in [-0.3, -0.25) is 0 Å². The summed E-state index contributed by atoms with van der Waals surface area (Å²) in [4.78, 5) is 4.50. The number of aromatic nitrogens is 2. The van der Waals surface area contributed by atoms with Gasteiger partial charge in [0.25, 0.3) is 0 Å². The van der Waals surface area contributed by atoms with Gasteiger partial charge in [0.05, 0.1) is 12.3 Å². The van der Waals surface area contributed by atoms with Crippen LogP contribution in [-0.4, -0.2) is 28.6 Å². The first-order chi connectivity index (χ1) is 9.33. The van der Waals surface area contributed by atoms with Crippen molar-refractivity contribution in [1.82, 2.24) is 14.7 Å². The van der Waals surface area contributed by atoms with E-state index in [9.17, 15) is 0 Å². The van der Waals surface area contributed by atoms with Crippen molar-refractivity contribution in [3.63, 3.8) is 0 Å². The number of nitrogens with one attached hydrogen (secondary N) is 1. The molecule has 0 aliphatic carbocycles. The van der Waals surface area contributed by atoms with Crippen LogP contribution in [0.1, 0.15) is 31.4 Å². The minimum atomic E-state index is 0.620. The first-order valence-electron chi connectivity index (χ1n) is 7.13. The largest absolute Gasteiger partial charge is 0.490 e. The Labute approximate surface area is 113 Å². The summed E-state index contributed by atoms with van der Waals surface area (Å²) >= 11 is 0. The van der Waals surface area contributed by atoms with E-state index in [0.29, 0.717) is 6.04 Å². The molecule has 0 aromatic carbocycles. The molecule has 19 heavy (non-hydrogen) atoms. The SMILES string of the molecule is Cc1cn2cccc(OCCC3CCCCN3)c2n1. The average Bonchev–Trinajstić information content (AvgIpc) is 2.81. The van der Waals surface area contributed by atoms with Crippen LogP contribution in [0.2, 0.25) is 0 Å². The van der Waals surface area contributed by atoms with Gasteiger partial charge in [-0.15, -0.1) is 0 Å². The summed E-state index contributed by atoms with van der Waals surface area (Å²) in [5.74, 6) is 0.881. The van der Waals surface area contributed by atoms with Crippen molar-refractivity contribution in [2.24, 2.45) is 0 Å². The summed E-state index contributed by atoms with van der Waals surface area (Å²) in [5, 5.41) is 3.55. The Bertz CT molecular complexity index is 543. The zero-order chi connectivity index (χ0) is 13.1. The van der Waals surface area contributed by atoms with Crippen LogP contribution >= 0.6 is 0 Å². The van der Waals surface area contributed by atoms with E-state index in [0.717, 1.165) is 36.7 Å². The molecule has 3 rings (SSSR count). The third-order valence-electron chi connectivity index (χ3n) is 3.70. The lowest BCUT2D eigenvalue weighted by atomic mass is 10.0. The maximum Gasteiger partial charge on any atom is 0.179 e. The van der Waals surface area contributed by atoms with Crippen molar-refractivity contribution in [2.45, 2.75) is 38.6 Å². The van der Waals surface area contributed by atoms with Gasteiger partial charge in [0.2, 0.25) is 0 Å². The lowest BCUT2D eigenvalue weighted by Crippen LogP contribution is -2.35. The topological polar surface area (TPSA) is 38.6 Å². The molecule has 0 spiro atoms. The van der Waals surface area contributed by atoms with Crippen molar-refractivity contribution in [3.05, 3.63) is 30.2 Å². The summed E-state index contributed by atoms with van der Waals surface area (Å²) in [7, 11) is 0. The van der Waals surface area contributed by atoms with Crippen molar-refractivity contribution in [1.29, 1.82) is 0 Å². The van der Waals surface area contributed by atoms with E-state index in [1.165, 1.54) is 19.3 Å². The van der Waals surface area contributed by atoms with Gasteiger partial charge in [-0.05, 0) is 44.9 Å². The third-order valence-corrected chi connectivity index (χ3v) is 3.70. The summed E-state index contributed by atoms with van der Waals surface area (Å²) in [6.45, 7) is 3.91. The number of piperidine rings is 1. The number of aryl methyl sites for hydroxylation is 1. The molecule has 0 radical (unpaired) electrons. The van der Waals surface area contributed by atoms with E-state index in [2.05, 4.69) is 10.3 Å². The van der Waals surface area contributed by atoms with Gasteiger partial charge in [0, 0.05) is 18.4 Å². The number of imidazole rings is 1. The van der Waals surface area contributed by atoms with Crippen LogP contribution in [0.15, 0.2) is 24.5 Å². The second-order valence-corrected chi connectivity index (χ2v) is 5.27. The summed E-state index contributed by atoms with van der Waals surface area (Å²) < 4.78 is 7.93. The van der Waals surface area contributed by atoms with Gasteiger partial charge in [0.1, 0.15) is 0 Å². The molecule has 1 unspecified atom stereocenters. The van der Waals surface area contributed by atoms with Gasteiger partial charge in [-0.2, -0.15) is 0 Å². The predicted octanol–water partition coefficient (Wildman–Crippen LogP) is 2.55. The summed E-state index contributed by atoms with van der Waals surface area (Å²) in [6.07, 6.45) is 9.02. The Hall–Kier alpha value is -1.55. The molecule has 1 fully saturated rings. The Kier molecular flexibility index (Phi) is 3.69. The molecule has 0 saturated carbocycles. The Morgan fingerprint density at radius 3 is 3.26 bits per heavy atom. The quantitative estimate of drug-likeness (QED) is 0.917. The maximum absolute atomic E-state index is 5.91. The number of nitrogens with zero attached hydrogens (tertiary/aromatic N) is 2. The van der Waals surface area contributed by atoms with E-state index < -0.39 is 0 Å². The van der Waals surface area contributed by atoms with Crippen LogP contribution in [0, 0.1) is 6.92 Å². The molecule has 3 heterocycles. The molecular weight excluding hydrogens is 238 g/mol. The van der Waals surface area contributed by atoms with Gasteiger partial charge >= 0.3 is 0 Å². The molecule has 4 heteroatoms. The second-order valence-electron chi connectivity index (χ2n) is 5.27. The maximum atomic E-state index is 5.91. The minimum absolute atomic E-state index is 0.620. The highest BCUT2D eigenvalue weighted by atomic mass is 16.5. The lowest BCUT2D eigenvalue weighted by Gasteiger charge is -2.23. The number of ether oxygens (including phenoxy) is 1. The fourth-order valence-corrected chi connectivity index (χ4v) is 2.70. The van der Waals surface area contributed by atoms with Crippen LogP contribution in [0.4, 0.5) is 0 Å². The molecule has 1 atom stereocenters. The van der Waals surface area contributed by atoms with Crippen molar-refractivity contribution in [2.75, 3.05) is 13.2 Å². The van der Waals surface area contributed by atoms with E-state index in [1.54, 1.807) is 0 Å². The predicted molar refractivity (Wildman–Crippen MR) is 75.7 cm³/mol. The Morgan fingerprint density at radius 2 is 2.42 bits per heavy atom. The molecule has 2 aromatic heterocycles. The Morgan fingerprint density at radius 1 is 1.47 bits per heavy atom. The highest BCUT2D eigenvalue weighted by Gasteiger charge is 2.12. The van der Waals surface area contributed by atoms with Gasteiger partial charge in [-0.25, -0.2) is 4.98 Å².